The van der Waals surface area contributed by atoms with Crippen LogP contribution in [0.3, 0.4) is 0 Å². The lowest BCUT2D eigenvalue weighted by atomic mass is 10.0. The van der Waals surface area contributed by atoms with Crippen LogP contribution in [0.5, 0.6) is 0 Å². The second-order valence-electron chi connectivity index (χ2n) is 6.55. The largest absolute Gasteiger partial charge is 0.478 e. The lowest BCUT2D eigenvalue weighted by molar-refractivity contribution is -0.118. The van der Waals surface area contributed by atoms with Crippen molar-refractivity contribution in [2.24, 2.45) is 5.10 Å². The third-order valence-corrected chi connectivity index (χ3v) is 4.90. The summed E-state index contributed by atoms with van der Waals surface area (Å²) < 4.78 is 5.70. The summed E-state index contributed by atoms with van der Waals surface area (Å²) in [6, 6.07) is 10.1. The molecule has 2 aromatic heterocycles. The van der Waals surface area contributed by atoms with E-state index < -0.39 is 5.97 Å². The Labute approximate surface area is 177 Å². The van der Waals surface area contributed by atoms with E-state index >= 15 is 0 Å². The van der Waals surface area contributed by atoms with Crippen molar-refractivity contribution in [1.82, 2.24) is 15.4 Å². The third-order valence-electron chi connectivity index (χ3n) is 4.05. The van der Waals surface area contributed by atoms with Gasteiger partial charge in [0, 0.05) is 17.0 Å². The first kappa shape index (κ1) is 21.3. The number of aryl methyl sites for hydroxylation is 3. The molecule has 1 aromatic carbocycles. The number of rotatable bonds is 7. The molecule has 9 heteroatoms. The van der Waals surface area contributed by atoms with Gasteiger partial charge < -0.3 is 9.52 Å². The summed E-state index contributed by atoms with van der Waals surface area (Å²) in [6.07, 6.45) is 1.38. The summed E-state index contributed by atoms with van der Waals surface area (Å²) in [5.74, 6) is -0.223. The Morgan fingerprint density at radius 2 is 1.87 bits per heavy atom. The molecule has 0 saturated carbocycles. The van der Waals surface area contributed by atoms with Crippen molar-refractivity contribution in [1.29, 1.82) is 0 Å². The van der Waals surface area contributed by atoms with Gasteiger partial charge in [-0.1, -0.05) is 17.8 Å². The van der Waals surface area contributed by atoms with Crippen molar-refractivity contribution in [2.75, 3.05) is 5.75 Å². The minimum Gasteiger partial charge on any atom is -0.478 e. The lowest BCUT2D eigenvalue weighted by Crippen LogP contribution is -2.19. The number of carboxylic acid groups (broad SMARTS) is 1. The van der Waals surface area contributed by atoms with E-state index in [2.05, 4.69) is 20.5 Å². The van der Waals surface area contributed by atoms with E-state index in [0.29, 0.717) is 22.2 Å². The number of carbonyl (C=O) groups is 2. The van der Waals surface area contributed by atoms with Gasteiger partial charge in [-0.15, -0.1) is 0 Å². The molecule has 1 amide bonds. The number of aromatic carboxylic acids is 1. The van der Waals surface area contributed by atoms with Gasteiger partial charge in [-0.25, -0.2) is 20.2 Å². The van der Waals surface area contributed by atoms with Crippen molar-refractivity contribution in [3.05, 3.63) is 64.7 Å². The predicted molar refractivity (Wildman–Crippen MR) is 114 cm³/mol. The van der Waals surface area contributed by atoms with Crippen LogP contribution in [0.15, 0.2) is 51.1 Å². The van der Waals surface area contributed by atoms with E-state index in [1.54, 1.807) is 30.3 Å². The summed E-state index contributed by atoms with van der Waals surface area (Å²) in [5, 5.41) is 13.6. The van der Waals surface area contributed by atoms with Crippen LogP contribution < -0.4 is 5.43 Å². The number of hydrazone groups is 1. The molecule has 0 atom stereocenters. The Morgan fingerprint density at radius 1 is 1.13 bits per heavy atom. The van der Waals surface area contributed by atoms with Crippen molar-refractivity contribution in [3.8, 4) is 11.3 Å². The van der Waals surface area contributed by atoms with Crippen LogP contribution in [-0.2, 0) is 4.79 Å². The third kappa shape index (κ3) is 5.54. The van der Waals surface area contributed by atoms with Gasteiger partial charge in [-0.3, -0.25) is 4.79 Å². The fourth-order valence-electron chi connectivity index (χ4n) is 2.68. The van der Waals surface area contributed by atoms with Gasteiger partial charge in [-0.05, 0) is 56.7 Å². The Morgan fingerprint density at radius 3 is 2.57 bits per heavy atom. The summed E-state index contributed by atoms with van der Waals surface area (Å²) >= 11 is 1.23. The number of hydrogen-bond acceptors (Lipinski definition) is 7. The van der Waals surface area contributed by atoms with Gasteiger partial charge in [0.1, 0.15) is 11.5 Å². The fourth-order valence-corrected chi connectivity index (χ4v) is 3.42. The number of thioether (sulfide) groups is 1. The molecule has 0 bridgehead atoms. The predicted octanol–water partition coefficient (Wildman–Crippen LogP) is 3.60. The highest BCUT2D eigenvalue weighted by molar-refractivity contribution is 7.99. The number of carbonyl (C=O) groups excluding carboxylic acids is 1. The molecule has 2 N–H and O–H groups in total. The van der Waals surface area contributed by atoms with Crippen molar-refractivity contribution >= 4 is 29.9 Å². The quantitative estimate of drug-likeness (QED) is 0.257. The van der Waals surface area contributed by atoms with Crippen LogP contribution >= 0.6 is 11.8 Å². The second kappa shape index (κ2) is 9.36. The zero-order valence-electron chi connectivity index (χ0n) is 16.7. The molecule has 0 aliphatic rings. The van der Waals surface area contributed by atoms with E-state index in [1.165, 1.54) is 18.0 Å². The Hall–Kier alpha value is -3.46. The molecule has 0 aliphatic heterocycles. The van der Waals surface area contributed by atoms with Crippen molar-refractivity contribution in [2.45, 2.75) is 25.9 Å². The molecule has 0 aliphatic carbocycles. The maximum Gasteiger partial charge on any atom is 0.335 e. The first-order valence-corrected chi connectivity index (χ1v) is 10.0. The number of amides is 1. The molecule has 0 unspecified atom stereocenters. The molecule has 154 valence electrons. The molecule has 3 aromatic rings. The normalized spacial score (nSPS) is 11.0. The number of furan rings is 1. The number of benzene rings is 1. The van der Waals surface area contributed by atoms with Gasteiger partial charge in [0.25, 0.3) is 5.91 Å². The molecule has 2 heterocycles. The number of nitrogens with one attached hydrogen (secondary N) is 1. The second-order valence-corrected chi connectivity index (χ2v) is 7.49. The van der Waals surface area contributed by atoms with Crippen LogP contribution in [0.4, 0.5) is 0 Å². The van der Waals surface area contributed by atoms with Gasteiger partial charge in [-0.2, -0.15) is 5.10 Å². The molecule has 3 rings (SSSR count). The topological polar surface area (TPSA) is 118 Å². The van der Waals surface area contributed by atoms with E-state index in [4.69, 9.17) is 9.52 Å². The first-order chi connectivity index (χ1) is 14.3. The summed E-state index contributed by atoms with van der Waals surface area (Å²) in [7, 11) is 0. The highest BCUT2D eigenvalue weighted by atomic mass is 32.2. The van der Waals surface area contributed by atoms with Crippen LogP contribution in [0.1, 0.15) is 33.1 Å². The number of nitrogens with zero attached hydrogens (tertiary/aromatic N) is 3. The molecule has 0 spiro atoms. The number of aromatic nitrogens is 2. The standard InChI is InChI=1S/C21H20N4O4S/c1-12-4-5-15(20(27)28)9-17(12)18-7-6-16(29-18)10-22-25-19(26)11-30-21-23-13(2)8-14(3)24-21/h4-10H,11H2,1-3H3,(H,25,26)(H,27,28). The smallest absolute Gasteiger partial charge is 0.335 e. The van der Waals surface area contributed by atoms with Crippen LogP contribution in [-0.4, -0.2) is 38.9 Å². The van der Waals surface area contributed by atoms with E-state index in [1.807, 2.05) is 26.8 Å². The number of hydrogen-bond donors (Lipinski definition) is 2. The summed E-state index contributed by atoms with van der Waals surface area (Å²) in [4.78, 5) is 31.7. The zero-order valence-corrected chi connectivity index (χ0v) is 17.5. The Bertz CT molecular complexity index is 1100. The molecule has 0 radical (unpaired) electrons. The highest BCUT2D eigenvalue weighted by Gasteiger charge is 2.11. The average Bonchev–Trinajstić information content (AvgIpc) is 3.14. The minimum atomic E-state index is -1.00. The van der Waals surface area contributed by atoms with E-state index in [9.17, 15) is 9.59 Å². The van der Waals surface area contributed by atoms with Gasteiger partial charge in [0.05, 0.1) is 17.5 Å². The molecular weight excluding hydrogens is 404 g/mol. The summed E-state index contributed by atoms with van der Waals surface area (Å²) in [5.41, 5.74) is 5.88. The highest BCUT2D eigenvalue weighted by Crippen LogP contribution is 2.26. The number of carboxylic acids is 1. The zero-order chi connectivity index (χ0) is 21.7. The molecule has 0 fully saturated rings. The summed E-state index contributed by atoms with van der Waals surface area (Å²) in [6.45, 7) is 5.62. The Kier molecular flexibility index (Phi) is 6.63. The maximum absolute atomic E-state index is 12.0. The SMILES string of the molecule is Cc1cc(C)nc(SCC(=O)NN=Cc2ccc(-c3cc(C(=O)O)ccc3C)o2)n1. The monoisotopic (exact) mass is 424 g/mol. The van der Waals surface area contributed by atoms with Crippen LogP contribution in [0.2, 0.25) is 0 Å². The average molecular weight is 424 g/mol. The molecule has 30 heavy (non-hydrogen) atoms. The Balaban J connectivity index is 1.59. The van der Waals surface area contributed by atoms with Crippen LogP contribution in [0.25, 0.3) is 11.3 Å². The van der Waals surface area contributed by atoms with Gasteiger partial charge >= 0.3 is 5.97 Å². The van der Waals surface area contributed by atoms with Gasteiger partial charge in [0.2, 0.25) is 0 Å². The molecule has 0 saturated heterocycles. The van der Waals surface area contributed by atoms with Crippen molar-refractivity contribution < 1.29 is 19.1 Å². The first-order valence-electron chi connectivity index (χ1n) is 9.03. The minimum absolute atomic E-state index is 0.130. The van der Waals surface area contributed by atoms with Crippen molar-refractivity contribution in [3.63, 3.8) is 0 Å². The van der Waals surface area contributed by atoms with E-state index in [0.717, 1.165) is 17.0 Å². The van der Waals surface area contributed by atoms with Gasteiger partial charge in [0.15, 0.2) is 5.16 Å². The maximum atomic E-state index is 12.0. The van der Waals surface area contributed by atoms with Crippen LogP contribution in [0, 0.1) is 20.8 Å². The lowest BCUT2D eigenvalue weighted by Gasteiger charge is -2.04. The molecular formula is C21H20N4O4S. The van der Waals surface area contributed by atoms with E-state index in [-0.39, 0.29) is 17.2 Å². The molecule has 8 nitrogen and oxygen atoms in total. The fraction of sp³-hybridized carbons (Fsp3) is 0.190.